The fourth-order valence-corrected chi connectivity index (χ4v) is 3.72. The van der Waals surface area contributed by atoms with Crippen LogP contribution in [0.5, 0.6) is 0 Å². The highest BCUT2D eigenvalue weighted by molar-refractivity contribution is 8.00. The molecule has 2 rings (SSSR count). The van der Waals surface area contributed by atoms with Gasteiger partial charge in [-0.3, -0.25) is 4.79 Å². The monoisotopic (exact) mass is 354 g/mol. The third kappa shape index (κ3) is 5.99. The van der Waals surface area contributed by atoms with Crippen molar-refractivity contribution in [3.05, 3.63) is 45.9 Å². The molecule has 1 heterocycles. The predicted molar refractivity (Wildman–Crippen MR) is 94.7 cm³/mol. The molecule has 6 heteroatoms. The summed E-state index contributed by atoms with van der Waals surface area (Å²) in [5, 5.41) is 5.62. The molecule has 0 aliphatic rings. The molecular formula is C16H19ClN2OS2. The second kappa shape index (κ2) is 9.18. The Morgan fingerprint density at radius 1 is 1.36 bits per heavy atom. The number of amides is 1. The van der Waals surface area contributed by atoms with Gasteiger partial charge in [0.2, 0.25) is 5.91 Å². The number of hydrogen-bond acceptors (Lipinski definition) is 4. The molecule has 0 bridgehead atoms. The van der Waals surface area contributed by atoms with Crippen LogP contribution in [-0.4, -0.2) is 17.4 Å². The standard InChI is InChI=1S/C16H19ClN2OS2/c1-2-3-8-18-15(20)9-14-11-22-16(19-14)21-10-12-4-6-13(17)7-5-12/h4-7,11H,2-3,8-10H2,1H3,(H,18,20). The fourth-order valence-electron chi connectivity index (χ4n) is 1.79. The van der Waals surface area contributed by atoms with Crippen molar-refractivity contribution in [3.8, 4) is 0 Å². The van der Waals surface area contributed by atoms with Gasteiger partial charge in [-0.25, -0.2) is 4.98 Å². The number of benzene rings is 1. The van der Waals surface area contributed by atoms with Crippen LogP contribution in [0.3, 0.4) is 0 Å². The molecule has 0 unspecified atom stereocenters. The van der Waals surface area contributed by atoms with Crippen molar-refractivity contribution >= 4 is 40.6 Å². The van der Waals surface area contributed by atoms with Gasteiger partial charge in [0.15, 0.2) is 0 Å². The van der Waals surface area contributed by atoms with Crippen LogP contribution in [0.15, 0.2) is 34.0 Å². The number of carbonyl (C=O) groups excluding carboxylic acids is 1. The minimum atomic E-state index is 0.0491. The third-order valence-electron chi connectivity index (χ3n) is 3.00. The van der Waals surface area contributed by atoms with Gasteiger partial charge in [0, 0.05) is 22.7 Å². The molecule has 0 saturated heterocycles. The molecular weight excluding hydrogens is 336 g/mol. The van der Waals surface area contributed by atoms with Crippen molar-refractivity contribution in [1.82, 2.24) is 10.3 Å². The van der Waals surface area contributed by atoms with Crippen LogP contribution in [-0.2, 0) is 17.0 Å². The number of nitrogens with one attached hydrogen (secondary N) is 1. The van der Waals surface area contributed by atoms with Crippen molar-refractivity contribution in [1.29, 1.82) is 0 Å². The number of thiazole rings is 1. The highest BCUT2D eigenvalue weighted by Gasteiger charge is 2.08. The summed E-state index contributed by atoms with van der Waals surface area (Å²) >= 11 is 9.14. The third-order valence-corrected chi connectivity index (χ3v) is 5.39. The molecule has 1 aromatic carbocycles. The zero-order valence-electron chi connectivity index (χ0n) is 12.5. The topological polar surface area (TPSA) is 42.0 Å². The molecule has 1 amide bonds. The van der Waals surface area contributed by atoms with Gasteiger partial charge in [0.05, 0.1) is 12.1 Å². The van der Waals surface area contributed by atoms with E-state index in [1.165, 1.54) is 5.56 Å². The number of thioether (sulfide) groups is 1. The van der Waals surface area contributed by atoms with Gasteiger partial charge >= 0.3 is 0 Å². The van der Waals surface area contributed by atoms with E-state index in [9.17, 15) is 4.79 Å². The summed E-state index contributed by atoms with van der Waals surface area (Å²) in [5.74, 6) is 0.903. The maximum atomic E-state index is 11.7. The fraction of sp³-hybridized carbons (Fsp3) is 0.375. The summed E-state index contributed by atoms with van der Waals surface area (Å²) in [6.07, 6.45) is 2.47. The van der Waals surface area contributed by atoms with Crippen LogP contribution >= 0.6 is 34.7 Å². The molecule has 1 N–H and O–H groups in total. The lowest BCUT2D eigenvalue weighted by Crippen LogP contribution is -2.26. The summed E-state index contributed by atoms with van der Waals surface area (Å²) in [6.45, 7) is 2.86. The molecule has 0 aliphatic carbocycles. The minimum absolute atomic E-state index is 0.0491. The lowest BCUT2D eigenvalue weighted by Gasteiger charge is -2.02. The molecule has 22 heavy (non-hydrogen) atoms. The van der Waals surface area contributed by atoms with Crippen LogP contribution in [0.1, 0.15) is 31.0 Å². The Bertz CT molecular complexity index is 598. The highest BCUT2D eigenvalue weighted by Crippen LogP contribution is 2.26. The van der Waals surface area contributed by atoms with Crippen molar-refractivity contribution in [2.45, 2.75) is 36.3 Å². The van der Waals surface area contributed by atoms with E-state index in [0.29, 0.717) is 6.42 Å². The molecule has 1 aromatic heterocycles. The van der Waals surface area contributed by atoms with Crippen molar-refractivity contribution in [2.75, 3.05) is 6.54 Å². The van der Waals surface area contributed by atoms with Gasteiger partial charge in [-0.05, 0) is 24.1 Å². The molecule has 118 valence electrons. The van der Waals surface area contributed by atoms with Crippen LogP contribution in [0.4, 0.5) is 0 Å². The number of carbonyl (C=O) groups is 1. The molecule has 0 spiro atoms. The molecule has 0 saturated carbocycles. The molecule has 0 radical (unpaired) electrons. The maximum absolute atomic E-state index is 11.7. The summed E-state index contributed by atoms with van der Waals surface area (Å²) < 4.78 is 0.992. The first-order chi connectivity index (χ1) is 10.7. The Labute approximate surface area is 144 Å². The van der Waals surface area contributed by atoms with E-state index in [2.05, 4.69) is 17.2 Å². The van der Waals surface area contributed by atoms with Gasteiger partial charge < -0.3 is 5.32 Å². The number of unbranched alkanes of at least 4 members (excludes halogenated alkanes) is 1. The van der Waals surface area contributed by atoms with Gasteiger partial charge in [0.1, 0.15) is 4.34 Å². The molecule has 3 nitrogen and oxygen atoms in total. The largest absolute Gasteiger partial charge is 0.356 e. The highest BCUT2D eigenvalue weighted by atomic mass is 35.5. The second-order valence-electron chi connectivity index (χ2n) is 4.90. The Hall–Kier alpha value is -1.04. The van der Waals surface area contributed by atoms with Crippen molar-refractivity contribution in [3.63, 3.8) is 0 Å². The molecule has 0 fully saturated rings. The van der Waals surface area contributed by atoms with E-state index >= 15 is 0 Å². The van der Waals surface area contributed by atoms with Gasteiger partial charge in [0.25, 0.3) is 0 Å². The number of nitrogens with zero attached hydrogens (tertiary/aromatic N) is 1. The average Bonchev–Trinajstić information content (AvgIpc) is 2.94. The van der Waals surface area contributed by atoms with Crippen molar-refractivity contribution in [2.24, 2.45) is 0 Å². The van der Waals surface area contributed by atoms with Crippen LogP contribution < -0.4 is 5.32 Å². The maximum Gasteiger partial charge on any atom is 0.226 e. The SMILES string of the molecule is CCCCNC(=O)Cc1csc(SCc2ccc(Cl)cc2)n1. The lowest BCUT2D eigenvalue weighted by molar-refractivity contribution is -0.120. The van der Waals surface area contributed by atoms with Crippen LogP contribution in [0.2, 0.25) is 5.02 Å². The second-order valence-corrected chi connectivity index (χ2v) is 7.42. The van der Waals surface area contributed by atoms with Gasteiger partial charge in [-0.15, -0.1) is 11.3 Å². The first kappa shape index (κ1) is 17.3. The zero-order chi connectivity index (χ0) is 15.8. The normalized spacial score (nSPS) is 10.6. The number of rotatable bonds is 8. The summed E-state index contributed by atoms with van der Waals surface area (Å²) in [4.78, 5) is 16.2. The van der Waals surface area contributed by atoms with E-state index in [1.54, 1.807) is 23.1 Å². The first-order valence-electron chi connectivity index (χ1n) is 7.25. The van der Waals surface area contributed by atoms with Gasteiger partial charge in [-0.2, -0.15) is 0 Å². The molecule has 2 aromatic rings. The Morgan fingerprint density at radius 2 is 2.14 bits per heavy atom. The number of aromatic nitrogens is 1. The first-order valence-corrected chi connectivity index (χ1v) is 9.50. The van der Waals surface area contributed by atoms with E-state index in [-0.39, 0.29) is 5.91 Å². The number of hydrogen-bond donors (Lipinski definition) is 1. The van der Waals surface area contributed by atoms with Crippen LogP contribution in [0.25, 0.3) is 0 Å². The molecule has 0 aliphatic heterocycles. The van der Waals surface area contributed by atoms with Crippen molar-refractivity contribution < 1.29 is 4.79 Å². The summed E-state index contributed by atoms with van der Waals surface area (Å²) in [7, 11) is 0. The number of halogens is 1. The average molecular weight is 355 g/mol. The van der Waals surface area contributed by atoms with E-state index in [0.717, 1.165) is 40.2 Å². The Kier molecular flexibility index (Phi) is 7.22. The Morgan fingerprint density at radius 3 is 2.86 bits per heavy atom. The molecule has 0 atom stereocenters. The van der Waals surface area contributed by atoms with E-state index in [1.807, 2.05) is 29.6 Å². The van der Waals surface area contributed by atoms with E-state index in [4.69, 9.17) is 11.6 Å². The minimum Gasteiger partial charge on any atom is -0.356 e. The lowest BCUT2D eigenvalue weighted by atomic mass is 10.2. The zero-order valence-corrected chi connectivity index (χ0v) is 14.9. The van der Waals surface area contributed by atoms with Gasteiger partial charge in [-0.1, -0.05) is 48.8 Å². The Balaban J connectivity index is 1.78. The predicted octanol–water partition coefficient (Wildman–Crippen LogP) is 4.55. The van der Waals surface area contributed by atoms with Crippen LogP contribution in [0, 0.1) is 0 Å². The smallest absolute Gasteiger partial charge is 0.226 e. The quantitative estimate of drug-likeness (QED) is 0.558. The summed E-state index contributed by atoms with van der Waals surface area (Å²) in [5.41, 5.74) is 2.06. The summed E-state index contributed by atoms with van der Waals surface area (Å²) in [6, 6.07) is 7.83. The van der Waals surface area contributed by atoms with E-state index < -0.39 is 0 Å².